The van der Waals surface area contributed by atoms with Gasteiger partial charge in [0.15, 0.2) is 0 Å². The molecule has 0 saturated carbocycles. The first-order valence-corrected chi connectivity index (χ1v) is 6.96. The van der Waals surface area contributed by atoms with E-state index in [-0.39, 0.29) is 11.8 Å². The Kier molecular flexibility index (Phi) is 6.22. The Balaban J connectivity index is 2.47. The molecular formula is C16H23NO3. The second-order valence-corrected chi connectivity index (χ2v) is 5.58. The van der Waals surface area contributed by atoms with Crippen LogP contribution in [0.5, 0.6) is 0 Å². The summed E-state index contributed by atoms with van der Waals surface area (Å²) in [4.78, 5) is 22.9. The summed E-state index contributed by atoms with van der Waals surface area (Å²) in [5, 5.41) is 11.7. The van der Waals surface area contributed by atoms with Gasteiger partial charge in [-0.05, 0) is 31.2 Å². The maximum absolute atomic E-state index is 11.8. The fraction of sp³-hybridized carbons (Fsp3) is 0.500. The Labute approximate surface area is 120 Å². The molecule has 20 heavy (non-hydrogen) atoms. The zero-order chi connectivity index (χ0) is 15.1. The van der Waals surface area contributed by atoms with Crippen molar-refractivity contribution in [2.75, 3.05) is 0 Å². The van der Waals surface area contributed by atoms with Gasteiger partial charge in [-0.25, -0.2) is 4.79 Å². The van der Waals surface area contributed by atoms with Crippen molar-refractivity contribution in [3.8, 4) is 0 Å². The number of carboxylic acids is 1. The number of carboxylic acid groups (broad SMARTS) is 1. The molecule has 0 spiro atoms. The SMILES string of the molecule is Cc1cccc(CCC(=O)N[C@H](CC(C)C)C(=O)O)c1. The minimum absolute atomic E-state index is 0.209. The highest BCUT2D eigenvalue weighted by Crippen LogP contribution is 2.08. The standard InChI is InChI=1S/C16H23NO3/c1-11(2)9-14(16(19)20)17-15(18)8-7-13-6-4-5-12(3)10-13/h4-6,10-11,14H,7-9H2,1-3H3,(H,17,18)(H,19,20)/t14-/m1/s1. The van der Waals surface area contributed by atoms with Crippen molar-refractivity contribution in [3.63, 3.8) is 0 Å². The summed E-state index contributed by atoms with van der Waals surface area (Å²) in [5.74, 6) is -0.949. The molecule has 0 bridgehead atoms. The summed E-state index contributed by atoms with van der Waals surface area (Å²) < 4.78 is 0. The van der Waals surface area contributed by atoms with Crippen molar-refractivity contribution in [1.29, 1.82) is 0 Å². The molecule has 1 atom stereocenters. The molecule has 0 saturated heterocycles. The van der Waals surface area contributed by atoms with Gasteiger partial charge in [-0.3, -0.25) is 4.79 Å². The highest BCUT2D eigenvalue weighted by Gasteiger charge is 2.20. The Morgan fingerprint density at radius 1 is 1.30 bits per heavy atom. The van der Waals surface area contributed by atoms with Crippen LogP contribution in [0.4, 0.5) is 0 Å². The lowest BCUT2D eigenvalue weighted by molar-refractivity contribution is -0.142. The summed E-state index contributed by atoms with van der Waals surface area (Å²) >= 11 is 0. The molecule has 4 nitrogen and oxygen atoms in total. The van der Waals surface area contributed by atoms with Crippen molar-refractivity contribution in [3.05, 3.63) is 35.4 Å². The lowest BCUT2D eigenvalue weighted by Crippen LogP contribution is -2.41. The average Bonchev–Trinajstić information content (AvgIpc) is 2.35. The van der Waals surface area contributed by atoms with E-state index in [9.17, 15) is 9.59 Å². The minimum Gasteiger partial charge on any atom is -0.480 e. The molecule has 110 valence electrons. The summed E-state index contributed by atoms with van der Waals surface area (Å²) in [6.07, 6.45) is 1.39. The normalized spacial score (nSPS) is 12.2. The van der Waals surface area contributed by atoms with Gasteiger partial charge in [0.1, 0.15) is 6.04 Å². The molecule has 1 aromatic rings. The van der Waals surface area contributed by atoms with Crippen LogP contribution in [0.25, 0.3) is 0 Å². The van der Waals surface area contributed by atoms with Gasteiger partial charge >= 0.3 is 5.97 Å². The molecule has 0 aromatic heterocycles. The summed E-state index contributed by atoms with van der Waals surface area (Å²) in [7, 11) is 0. The molecule has 4 heteroatoms. The molecule has 0 aliphatic carbocycles. The Bertz CT molecular complexity index is 469. The predicted molar refractivity (Wildman–Crippen MR) is 78.5 cm³/mol. The third-order valence-electron chi connectivity index (χ3n) is 3.06. The van der Waals surface area contributed by atoms with Gasteiger partial charge < -0.3 is 10.4 Å². The first-order chi connectivity index (χ1) is 9.38. The first kappa shape index (κ1) is 16.2. The van der Waals surface area contributed by atoms with Crippen molar-refractivity contribution < 1.29 is 14.7 Å². The van der Waals surface area contributed by atoms with Crippen LogP contribution in [0.1, 0.15) is 37.8 Å². The maximum Gasteiger partial charge on any atom is 0.326 e. The third-order valence-corrected chi connectivity index (χ3v) is 3.06. The summed E-state index contributed by atoms with van der Waals surface area (Å²) in [6, 6.07) is 7.19. The average molecular weight is 277 g/mol. The fourth-order valence-corrected chi connectivity index (χ4v) is 2.08. The van der Waals surface area contributed by atoms with E-state index in [0.29, 0.717) is 19.3 Å². The van der Waals surface area contributed by atoms with Crippen LogP contribution in [-0.4, -0.2) is 23.0 Å². The first-order valence-electron chi connectivity index (χ1n) is 6.96. The second kappa shape index (κ2) is 7.68. The second-order valence-electron chi connectivity index (χ2n) is 5.58. The number of carbonyl (C=O) groups excluding carboxylic acids is 1. The Hall–Kier alpha value is -1.84. The van der Waals surface area contributed by atoms with Crippen LogP contribution >= 0.6 is 0 Å². The lowest BCUT2D eigenvalue weighted by atomic mass is 10.0. The number of hydrogen-bond acceptors (Lipinski definition) is 2. The molecule has 0 heterocycles. The Morgan fingerprint density at radius 2 is 2.00 bits per heavy atom. The fourth-order valence-electron chi connectivity index (χ4n) is 2.08. The smallest absolute Gasteiger partial charge is 0.326 e. The van der Waals surface area contributed by atoms with Gasteiger partial charge in [0.25, 0.3) is 0 Å². The zero-order valence-corrected chi connectivity index (χ0v) is 12.3. The largest absolute Gasteiger partial charge is 0.480 e. The van der Waals surface area contributed by atoms with Gasteiger partial charge in [0.05, 0.1) is 0 Å². The van der Waals surface area contributed by atoms with Crippen LogP contribution in [0, 0.1) is 12.8 Å². The van der Waals surface area contributed by atoms with Gasteiger partial charge in [-0.15, -0.1) is 0 Å². The zero-order valence-electron chi connectivity index (χ0n) is 12.3. The number of aliphatic carboxylic acids is 1. The van der Waals surface area contributed by atoms with Crippen molar-refractivity contribution in [1.82, 2.24) is 5.32 Å². The number of carbonyl (C=O) groups is 2. The van der Waals surface area contributed by atoms with Gasteiger partial charge in [0.2, 0.25) is 5.91 Å². The van der Waals surface area contributed by atoms with Gasteiger partial charge in [-0.2, -0.15) is 0 Å². The molecule has 0 radical (unpaired) electrons. The van der Waals surface area contributed by atoms with E-state index in [1.54, 1.807) is 0 Å². The highest BCUT2D eigenvalue weighted by molar-refractivity contribution is 5.83. The monoisotopic (exact) mass is 277 g/mol. The number of benzene rings is 1. The number of hydrogen-bond donors (Lipinski definition) is 2. The number of amides is 1. The van der Waals surface area contributed by atoms with Crippen molar-refractivity contribution in [2.45, 2.75) is 46.1 Å². The molecule has 2 N–H and O–H groups in total. The molecular weight excluding hydrogens is 254 g/mol. The topological polar surface area (TPSA) is 66.4 Å². The van der Waals surface area contributed by atoms with Crippen LogP contribution in [0.15, 0.2) is 24.3 Å². The van der Waals surface area contributed by atoms with E-state index in [1.165, 1.54) is 0 Å². The van der Waals surface area contributed by atoms with Crippen molar-refractivity contribution >= 4 is 11.9 Å². The van der Waals surface area contributed by atoms with E-state index in [0.717, 1.165) is 11.1 Å². The molecule has 1 rings (SSSR count). The third kappa shape index (κ3) is 5.87. The number of nitrogens with one attached hydrogen (secondary N) is 1. The number of rotatable bonds is 7. The van der Waals surface area contributed by atoms with Crippen LogP contribution in [0.3, 0.4) is 0 Å². The molecule has 0 unspecified atom stereocenters. The highest BCUT2D eigenvalue weighted by atomic mass is 16.4. The Morgan fingerprint density at radius 3 is 2.55 bits per heavy atom. The van der Waals surface area contributed by atoms with Crippen LogP contribution in [0.2, 0.25) is 0 Å². The van der Waals surface area contributed by atoms with E-state index in [1.807, 2.05) is 45.0 Å². The molecule has 0 aliphatic rings. The van der Waals surface area contributed by atoms with Crippen LogP contribution in [-0.2, 0) is 16.0 Å². The summed E-state index contributed by atoms with van der Waals surface area (Å²) in [5.41, 5.74) is 2.25. The molecule has 1 aromatic carbocycles. The van der Waals surface area contributed by atoms with E-state index < -0.39 is 12.0 Å². The quantitative estimate of drug-likeness (QED) is 0.805. The lowest BCUT2D eigenvalue weighted by Gasteiger charge is -2.16. The number of aryl methyl sites for hydroxylation is 2. The molecule has 0 fully saturated rings. The van der Waals surface area contributed by atoms with Gasteiger partial charge in [0, 0.05) is 6.42 Å². The van der Waals surface area contributed by atoms with E-state index in [4.69, 9.17) is 5.11 Å². The van der Waals surface area contributed by atoms with E-state index in [2.05, 4.69) is 5.32 Å². The molecule has 1 amide bonds. The molecule has 0 aliphatic heterocycles. The predicted octanol–water partition coefficient (Wildman–Crippen LogP) is 2.54. The van der Waals surface area contributed by atoms with E-state index >= 15 is 0 Å². The minimum atomic E-state index is -0.970. The summed E-state index contributed by atoms with van der Waals surface area (Å²) in [6.45, 7) is 5.89. The maximum atomic E-state index is 11.8. The van der Waals surface area contributed by atoms with Crippen molar-refractivity contribution in [2.24, 2.45) is 5.92 Å². The van der Waals surface area contributed by atoms with Gasteiger partial charge in [-0.1, -0.05) is 43.7 Å². The van der Waals surface area contributed by atoms with Crippen LogP contribution < -0.4 is 5.32 Å².